The normalized spacial score (nSPS) is 13.6. The van der Waals surface area contributed by atoms with Crippen molar-refractivity contribution in [3.63, 3.8) is 0 Å². The molecule has 0 bridgehead atoms. The Morgan fingerprint density at radius 2 is 2.31 bits per heavy atom. The van der Waals surface area contributed by atoms with Gasteiger partial charge in [-0.25, -0.2) is 0 Å². The summed E-state index contributed by atoms with van der Waals surface area (Å²) in [6.07, 6.45) is 2.70. The van der Waals surface area contributed by atoms with E-state index >= 15 is 0 Å². The molecule has 4 heteroatoms. The van der Waals surface area contributed by atoms with Crippen LogP contribution in [-0.4, -0.2) is 11.7 Å². The van der Waals surface area contributed by atoms with Crippen molar-refractivity contribution in [2.75, 3.05) is 11.9 Å². The number of fused-ring (bicyclic) bond motifs is 3. The van der Waals surface area contributed by atoms with E-state index in [-0.39, 0.29) is 0 Å². The van der Waals surface area contributed by atoms with E-state index in [9.17, 15) is 0 Å². The monoisotopic (exact) mass is 234 g/mol. The highest BCUT2D eigenvalue weighted by Gasteiger charge is 2.19. The van der Waals surface area contributed by atoms with Crippen LogP contribution in [0.25, 0.3) is 11.3 Å². The molecule has 0 atom stereocenters. The molecule has 2 heterocycles. The highest BCUT2D eigenvalue weighted by atomic mass is 35.5. The van der Waals surface area contributed by atoms with Gasteiger partial charge < -0.3 is 9.84 Å². The van der Waals surface area contributed by atoms with Crippen molar-refractivity contribution in [2.45, 2.75) is 13.3 Å². The van der Waals surface area contributed by atoms with Crippen molar-refractivity contribution in [1.82, 2.24) is 5.16 Å². The number of nitrogens with zero attached hydrogens (tertiary/aromatic N) is 1. The van der Waals surface area contributed by atoms with Crippen LogP contribution in [0, 0.1) is 6.92 Å². The van der Waals surface area contributed by atoms with Crippen LogP contribution in [0.3, 0.4) is 0 Å². The molecule has 3 rings (SSSR count). The number of anilines is 1. The Morgan fingerprint density at radius 1 is 1.44 bits per heavy atom. The fraction of sp³-hybridized carbons (Fsp3) is 0.250. The van der Waals surface area contributed by atoms with Gasteiger partial charge in [0, 0.05) is 28.4 Å². The fourth-order valence-electron chi connectivity index (χ4n) is 2.14. The first-order chi connectivity index (χ1) is 7.75. The Kier molecular flexibility index (Phi) is 2.14. The van der Waals surface area contributed by atoms with E-state index < -0.39 is 0 Å². The molecule has 0 radical (unpaired) electrons. The topological polar surface area (TPSA) is 38.1 Å². The highest BCUT2D eigenvalue weighted by Crippen LogP contribution is 2.37. The van der Waals surface area contributed by atoms with Crippen LogP contribution in [0.15, 0.2) is 22.9 Å². The minimum atomic E-state index is 0.724. The molecule has 1 aromatic heterocycles. The molecular weight excluding hydrogens is 224 g/mol. The molecule has 0 amide bonds. The van der Waals surface area contributed by atoms with Crippen molar-refractivity contribution in [2.24, 2.45) is 0 Å². The van der Waals surface area contributed by atoms with Gasteiger partial charge in [-0.15, -0.1) is 0 Å². The minimum absolute atomic E-state index is 0.724. The van der Waals surface area contributed by atoms with Crippen LogP contribution in [0.4, 0.5) is 5.69 Å². The van der Waals surface area contributed by atoms with Crippen molar-refractivity contribution >= 4 is 17.3 Å². The van der Waals surface area contributed by atoms with Gasteiger partial charge in [-0.2, -0.15) is 0 Å². The second kappa shape index (κ2) is 3.52. The van der Waals surface area contributed by atoms with E-state index in [1.807, 2.05) is 19.1 Å². The molecule has 0 unspecified atom stereocenters. The smallest absolute Gasteiger partial charge is 0.172 e. The Hall–Kier alpha value is -1.48. The van der Waals surface area contributed by atoms with Gasteiger partial charge in [-0.3, -0.25) is 0 Å². The summed E-state index contributed by atoms with van der Waals surface area (Å²) in [5.74, 6) is 0.839. The first-order valence-corrected chi connectivity index (χ1v) is 5.61. The third-order valence-electron chi connectivity index (χ3n) is 2.89. The number of nitrogens with one attached hydrogen (secondary N) is 1. The third-order valence-corrected chi connectivity index (χ3v) is 3.10. The lowest BCUT2D eigenvalue weighted by Gasteiger charge is -2.10. The molecule has 1 aliphatic rings. The van der Waals surface area contributed by atoms with Gasteiger partial charge in [-0.05, 0) is 31.0 Å². The molecule has 1 N–H and O–H groups in total. The second-order valence-electron chi connectivity index (χ2n) is 4.00. The van der Waals surface area contributed by atoms with Crippen molar-refractivity contribution in [1.29, 1.82) is 0 Å². The van der Waals surface area contributed by atoms with Gasteiger partial charge in [0.1, 0.15) is 0 Å². The number of hydrogen-bond acceptors (Lipinski definition) is 3. The van der Waals surface area contributed by atoms with Crippen LogP contribution in [0.1, 0.15) is 11.1 Å². The summed E-state index contributed by atoms with van der Waals surface area (Å²) in [4.78, 5) is 0. The first-order valence-electron chi connectivity index (χ1n) is 5.23. The van der Waals surface area contributed by atoms with Crippen LogP contribution in [0.2, 0.25) is 5.02 Å². The van der Waals surface area contributed by atoms with E-state index in [1.54, 1.807) is 6.20 Å². The Balaban J connectivity index is 2.31. The zero-order valence-corrected chi connectivity index (χ0v) is 9.64. The summed E-state index contributed by atoms with van der Waals surface area (Å²) < 4.78 is 5.32. The number of aromatic nitrogens is 1. The highest BCUT2D eigenvalue weighted by molar-refractivity contribution is 6.31. The molecule has 0 saturated heterocycles. The fourth-order valence-corrected chi connectivity index (χ4v) is 2.41. The minimum Gasteiger partial charge on any atom is -0.384 e. The van der Waals surface area contributed by atoms with E-state index in [1.165, 1.54) is 0 Å². The van der Waals surface area contributed by atoms with Crippen molar-refractivity contribution in [3.8, 4) is 11.3 Å². The molecule has 2 aromatic rings. The van der Waals surface area contributed by atoms with Gasteiger partial charge in [0.25, 0.3) is 0 Å². The molecule has 1 aliphatic heterocycles. The Labute approximate surface area is 98.4 Å². The molecule has 0 fully saturated rings. The maximum absolute atomic E-state index is 6.08. The van der Waals surface area contributed by atoms with Crippen LogP contribution in [-0.2, 0) is 6.42 Å². The second-order valence-corrected chi connectivity index (χ2v) is 4.44. The van der Waals surface area contributed by atoms with E-state index in [0.717, 1.165) is 46.1 Å². The number of aryl methyl sites for hydroxylation is 1. The molecule has 0 saturated carbocycles. The average molecular weight is 235 g/mol. The predicted octanol–water partition coefficient (Wildman–Crippen LogP) is 3.27. The number of halogens is 1. The molecule has 0 aliphatic carbocycles. The molecule has 0 spiro atoms. The summed E-state index contributed by atoms with van der Waals surface area (Å²) in [5.41, 5.74) is 4.37. The molecule has 1 aromatic carbocycles. The van der Waals surface area contributed by atoms with Gasteiger partial charge in [0.05, 0.1) is 6.20 Å². The Morgan fingerprint density at radius 3 is 3.19 bits per heavy atom. The van der Waals surface area contributed by atoms with E-state index in [0.29, 0.717) is 0 Å². The summed E-state index contributed by atoms with van der Waals surface area (Å²) in [7, 11) is 0. The average Bonchev–Trinajstić information content (AvgIpc) is 2.62. The zero-order valence-electron chi connectivity index (χ0n) is 8.88. The van der Waals surface area contributed by atoms with Crippen molar-refractivity contribution in [3.05, 3.63) is 34.5 Å². The van der Waals surface area contributed by atoms with E-state index in [2.05, 4.69) is 10.5 Å². The maximum atomic E-state index is 6.08. The largest absolute Gasteiger partial charge is 0.384 e. The number of hydrogen-bond donors (Lipinski definition) is 1. The zero-order chi connectivity index (χ0) is 11.1. The lowest BCUT2D eigenvalue weighted by molar-refractivity contribution is 0.432. The SMILES string of the molecule is Cc1cc(Cl)cc2c1NCCc1cnoc1-2. The number of rotatable bonds is 0. The first kappa shape index (κ1) is 9.73. The third kappa shape index (κ3) is 1.39. The molecule has 16 heavy (non-hydrogen) atoms. The molecular formula is C12H11ClN2O. The summed E-state index contributed by atoms with van der Waals surface area (Å²) in [5, 5.41) is 7.99. The van der Waals surface area contributed by atoms with Crippen LogP contribution in [0.5, 0.6) is 0 Å². The maximum Gasteiger partial charge on any atom is 0.172 e. The van der Waals surface area contributed by atoms with Crippen molar-refractivity contribution < 1.29 is 4.52 Å². The lowest BCUT2D eigenvalue weighted by Crippen LogP contribution is -2.03. The quantitative estimate of drug-likeness (QED) is 0.760. The van der Waals surface area contributed by atoms with Crippen LogP contribution >= 0.6 is 11.6 Å². The molecule has 82 valence electrons. The van der Waals surface area contributed by atoms with Gasteiger partial charge >= 0.3 is 0 Å². The summed E-state index contributed by atoms with van der Waals surface area (Å²) in [6, 6.07) is 3.88. The van der Waals surface area contributed by atoms with Gasteiger partial charge in [0.15, 0.2) is 5.76 Å². The lowest BCUT2D eigenvalue weighted by atomic mass is 10.0. The van der Waals surface area contributed by atoms with Gasteiger partial charge in [-0.1, -0.05) is 16.8 Å². The standard InChI is InChI=1S/C12H11ClN2O/c1-7-4-9(13)5-10-11(7)14-3-2-8-6-15-16-12(8)10/h4-6,14H,2-3H2,1H3. The molecule has 3 nitrogen and oxygen atoms in total. The van der Waals surface area contributed by atoms with E-state index in [4.69, 9.17) is 16.1 Å². The summed E-state index contributed by atoms with van der Waals surface area (Å²) >= 11 is 6.08. The van der Waals surface area contributed by atoms with Gasteiger partial charge in [0.2, 0.25) is 0 Å². The summed E-state index contributed by atoms with van der Waals surface area (Å²) in [6.45, 7) is 2.93. The predicted molar refractivity (Wildman–Crippen MR) is 63.9 cm³/mol. The Bertz CT molecular complexity index is 548. The number of benzene rings is 1. The van der Waals surface area contributed by atoms with Crippen LogP contribution < -0.4 is 5.32 Å².